The molecule has 2 atom stereocenters. The largest absolute Gasteiger partial charge is 0.338 e. The first kappa shape index (κ1) is 17.5. The second kappa shape index (κ2) is 8.65. The molecule has 1 fully saturated rings. The van der Waals surface area contributed by atoms with Gasteiger partial charge in [-0.1, -0.05) is 43.2 Å². The molecule has 1 saturated carbocycles. The van der Waals surface area contributed by atoms with Crippen LogP contribution < -0.4 is 10.6 Å². The van der Waals surface area contributed by atoms with Crippen LogP contribution in [-0.2, 0) is 19.9 Å². The number of aryl methyl sites for hydroxylation is 1. The molecule has 2 amide bonds. The summed E-state index contributed by atoms with van der Waals surface area (Å²) in [6.07, 6.45) is 7.93. The number of rotatable bonds is 6. The third kappa shape index (κ3) is 5.05. The summed E-state index contributed by atoms with van der Waals surface area (Å²) in [7, 11) is 1.86. The summed E-state index contributed by atoms with van der Waals surface area (Å²) >= 11 is 0. The van der Waals surface area contributed by atoms with Gasteiger partial charge in [0.1, 0.15) is 12.2 Å². The fraction of sp³-hybridized carbons (Fsp3) is 0.526. The van der Waals surface area contributed by atoms with Crippen molar-refractivity contribution in [1.29, 1.82) is 0 Å². The molecule has 134 valence electrons. The van der Waals surface area contributed by atoms with E-state index in [1.807, 2.05) is 13.1 Å². The van der Waals surface area contributed by atoms with Crippen molar-refractivity contribution in [1.82, 2.24) is 25.4 Å². The number of amides is 2. The Labute approximate surface area is 149 Å². The molecule has 1 aromatic carbocycles. The predicted molar refractivity (Wildman–Crippen MR) is 97.1 cm³/mol. The van der Waals surface area contributed by atoms with Crippen molar-refractivity contribution in [3.8, 4) is 0 Å². The number of carbonyl (C=O) groups excluding carboxylic acids is 1. The summed E-state index contributed by atoms with van der Waals surface area (Å²) in [6.45, 7) is 0.564. The number of benzene rings is 1. The normalized spacial score (nSPS) is 20.2. The molecule has 0 unspecified atom stereocenters. The highest BCUT2D eigenvalue weighted by Gasteiger charge is 2.26. The maximum absolute atomic E-state index is 12.3. The van der Waals surface area contributed by atoms with Gasteiger partial charge in [-0.25, -0.2) is 9.78 Å². The highest BCUT2D eigenvalue weighted by atomic mass is 16.2. The van der Waals surface area contributed by atoms with Gasteiger partial charge < -0.3 is 10.6 Å². The van der Waals surface area contributed by atoms with E-state index >= 15 is 0 Å². The Hall–Kier alpha value is -2.37. The van der Waals surface area contributed by atoms with Gasteiger partial charge in [-0.2, -0.15) is 5.10 Å². The first-order valence-corrected chi connectivity index (χ1v) is 9.13. The van der Waals surface area contributed by atoms with Crippen molar-refractivity contribution in [2.45, 2.75) is 44.6 Å². The smallest absolute Gasteiger partial charge is 0.315 e. The van der Waals surface area contributed by atoms with Crippen LogP contribution >= 0.6 is 0 Å². The molecule has 25 heavy (non-hydrogen) atoms. The number of urea groups is 1. The third-order valence-electron chi connectivity index (χ3n) is 5.01. The molecular weight excluding hydrogens is 314 g/mol. The van der Waals surface area contributed by atoms with Gasteiger partial charge in [0.15, 0.2) is 0 Å². The molecule has 0 saturated heterocycles. The second-order valence-electron chi connectivity index (χ2n) is 6.79. The minimum atomic E-state index is -0.0767. The van der Waals surface area contributed by atoms with Crippen LogP contribution in [0.25, 0.3) is 0 Å². The fourth-order valence-corrected chi connectivity index (χ4v) is 3.61. The molecule has 0 aliphatic heterocycles. The van der Waals surface area contributed by atoms with Crippen molar-refractivity contribution in [3.05, 3.63) is 48.0 Å². The van der Waals surface area contributed by atoms with Gasteiger partial charge in [0.05, 0.1) is 0 Å². The summed E-state index contributed by atoms with van der Waals surface area (Å²) in [5, 5.41) is 10.2. The molecular formula is C19H27N5O. The third-order valence-corrected chi connectivity index (χ3v) is 5.01. The molecule has 0 radical (unpaired) electrons. The van der Waals surface area contributed by atoms with E-state index in [0.717, 1.165) is 18.7 Å². The van der Waals surface area contributed by atoms with Crippen molar-refractivity contribution >= 4 is 6.03 Å². The monoisotopic (exact) mass is 341 g/mol. The lowest BCUT2D eigenvalue weighted by Crippen LogP contribution is -2.47. The zero-order valence-electron chi connectivity index (χ0n) is 14.8. The molecule has 6 nitrogen and oxygen atoms in total. The standard InChI is InChI=1S/C19H27N5O/c1-24-18(21-14-22-24)11-12-20-19(25)23-17-10-6-5-9-16(17)13-15-7-3-2-4-8-15/h2-4,7-8,14,16-17H,5-6,9-13H2,1H3,(H2,20,23,25)/t16-,17+/m0/s1. The Morgan fingerprint density at radius 1 is 1.24 bits per heavy atom. The van der Waals surface area contributed by atoms with E-state index in [2.05, 4.69) is 45.0 Å². The Morgan fingerprint density at radius 2 is 2.04 bits per heavy atom. The SMILES string of the molecule is Cn1ncnc1CCNC(=O)N[C@@H]1CCCC[C@H]1Cc1ccccc1. The quantitative estimate of drug-likeness (QED) is 0.848. The molecule has 2 aromatic rings. The highest BCUT2D eigenvalue weighted by Crippen LogP contribution is 2.27. The first-order valence-electron chi connectivity index (χ1n) is 9.13. The summed E-state index contributed by atoms with van der Waals surface area (Å²) in [6, 6.07) is 10.7. The topological polar surface area (TPSA) is 71.8 Å². The lowest BCUT2D eigenvalue weighted by atomic mass is 9.81. The minimum Gasteiger partial charge on any atom is -0.338 e. The van der Waals surface area contributed by atoms with Crippen LogP contribution in [0.2, 0.25) is 0 Å². The Morgan fingerprint density at radius 3 is 2.80 bits per heavy atom. The van der Waals surface area contributed by atoms with Crippen LogP contribution in [0.1, 0.15) is 37.1 Å². The summed E-state index contributed by atoms with van der Waals surface area (Å²) in [5.41, 5.74) is 1.35. The number of hydrogen-bond donors (Lipinski definition) is 2. The molecule has 1 aliphatic carbocycles. The number of nitrogens with zero attached hydrogens (tertiary/aromatic N) is 3. The van der Waals surface area contributed by atoms with E-state index in [4.69, 9.17) is 0 Å². The van der Waals surface area contributed by atoms with Gasteiger partial charge in [-0.3, -0.25) is 4.68 Å². The maximum Gasteiger partial charge on any atom is 0.315 e. The average molecular weight is 341 g/mol. The van der Waals surface area contributed by atoms with Crippen LogP contribution in [0.15, 0.2) is 36.7 Å². The predicted octanol–water partition coefficient (Wildman–Crippen LogP) is 2.46. The van der Waals surface area contributed by atoms with Crippen LogP contribution in [0.5, 0.6) is 0 Å². The van der Waals surface area contributed by atoms with Crippen LogP contribution in [0.4, 0.5) is 4.79 Å². The number of carbonyl (C=O) groups is 1. The minimum absolute atomic E-state index is 0.0767. The van der Waals surface area contributed by atoms with Crippen LogP contribution in [0.3, 0.4) is 0 Å². The second-order valence-corrected chi connectivity index (χ2v) is 6.79. The van der Waals surface area contributed by atoms with Crippen molar-refractivity contribution < 1.29 is 4.79 Å². The Kier molecular flexibility index (Phi) is 6.04. The van der Waals surface area contributed by atoms with E-state index in [1.165, 1.54) is 31.2 Å². The fourth-order valence-electron chi connectivity index (χ4n) is 3.61. The van der Waals surface area contributed by atoms with Gasteiger partial charge >= 0.3 is 6.03 Å². The van der Waals surface area contributed by atoms with Gasteiger partial charge in [-0.05, 0) is 30.7 Å². The van der Waals surface area contributed by atoms with Gasteiger partial charge in [0.2, 0.25) is 0 Å². The van der Waals surface area contributed by atoms with Crippen LogP contribution in [0, 0.1) is 5.92 Å². The van der Waals surface area contributed by atoms with Crippen LogP contribution in [-0.4, -0.2) is 33.4 Å². The number of aromatic nitrogens is 3. The van der Waals surface area contributed by atoms with Crippen molar-refractivity contribution in [3.63, 3.8) is 0 Å². The highest BCUT2D eigenvalue weighted by molar-refractivity contribution is 5.74. The molecule has 6 heteroatoms. The van der Waals surface area contributed by atoms with Gasteiger partial charge in [-0.15, -0.1) is 0 Å². The maximum atomic E-state index is 12.3. The first-order chi connectivity index (χ1) is 12.2. The molecule has 1 aromatic heterocycles. The summed E-state index contributed by atoms with van der Waals surface area (Å²) < 4.78 is 1.73. The van der Waals surface area contributed by atoms with E-state index in [0.29, 0.717) is 18.9 Å². The van der Waals surface area contributed by atoms with Crippen molar-refractivity contribution in [2.75, 3.05) is 6.54 Å². The Balaban J connectivity index is 1.47. The molecule has 0 bridgehead atoms. The molecule has 2 N–H and O–H groups in total. The molecule has 1 heterocycles. The van der Waals surface area contributed by atoms with Gasteiger partial charge in [0.25, 0.3) is 0 Å². The molecule has 0 spiro atoms. The summed E-state index contributed by atoms with van der Waals surface area (Å²) in [4.78, 5) is 16.4. The van der Waals surface area contributed by atoms with Crippen molar-refractivity contribution in [2.24, 2.45) is 13.0 Å². The number of nitrogens with one attached hydrogen (secondary N) is 2. The average Bonchev–Trinajstić information content (AvgIpc) is 3.03. The molecule has 1 aliphatic rings. The van der Waals surface area contributed by atoms with E-state index in [1.54, 1.807) is 4.68 Å². The lowest BCUT2D eigenvalue weighted by molar-refractivity contribution is 0.217. The van der Waals surface area contributed by atoms with E-state index < -0.39 is 0 Å². The lowest BCUT2D eigenvalue weighted by Gasteiger charge is -2.32. The van der Waals surface area contributed by atoms with Gasteiger partial charge in [0, 0.05) is 26.1 Å². The van der Waals surface area contributed by atoms with E-state index in [9.17, 15) is 4.79 Å². The zero-order valence-corrected chi connectivity index (χ0v) is 14.8. The Bertz CT molecular complexity index is 669. The molecule has 3 rings (SSSR count). The zero-order chi connectivity index (χ0) is 17.5. The summed E-state index contributed by atoms with van der Waals surface area (Å²) in [5.74, 6) is 1.39. The van der Waals surface area contributed by atoms with E-state index in [-0.39, 0.29) is 12.1 Å². The number of hydrogen-bond acceptors (Lipinski definition) is 3.